The van der Waals surface area contributed by atoms with Crippen molar-refractivity contribution in [2.75, 3.05) is 26.4 Å². The predicted octanol–water partition coefficient (Wildman–Crippen LogP) is 5.11. The molecule has 7 rings (SSSR count). The number of nitrogens with zero attached hydrogens (tertiary/aromatic N) is 6. The molecule has 0 bridgehead atoms. The van der Waals surface area contributed by atoms with Crippen LogP contribution < -0.4 is 10.6 Å². The fourth-order valence-corrected chi connectivity index (χ4v) is 7.59. The summed E-state index contributed by atoms with van der Waals surface area (Å²) in [7, 11) is 0. The molecule has 13 nitrogen and oxygen atoms in total. The number of para-hydroxylation sites is 1. The maximum atomic E-state index is 13.2. The Labute approximate surface area is 297 Å². The molecule has 0 radical (unpaired) electrons. The quantitative estimate of drug-likeness (QED) is 0.0818. The lowest BCUT2D eigenvalue weighted by atomic mass is 9.66. The number of aromatic amines is 1. The number of carbonyl (C=O) groups excluding carboxylic acids is 2. The third kappa shape index (κ3) is 8.04. The van der Waals surface area contributed by atoms with E-state index >= 15 is 0 Å². The van der Waals surface area contributed by atoms with Gasteiger partial charge in [0.25, 0.3) is 0 Å². The predicted molar refractivity (Wildman–Crippen MR) is 193 cm³/mol. The van der Waals surface area contributed by atoms with E-state index in [0.29, 0.717) is 42.8 Å². The molecule has 2 aromatic carbocycles. The lowest BCUT2D eigenvalue weighted by Crippen LogP contribution is -2.44. The third-order valence-corrected chi connectivity index (χ3v) is 10.3. The minimum absolute atomic E-state index is 0.0718. The first kappa shape index (κ1) is 34.6. The average molecular weight is 694 g/mol. The molecule has 0 saturated heterocycles. The number of nitrogens with one attached hydrogen (secondary N) is 3. The zero-order chi connectivity index (χ0) is 35.2. The van der Waals surface area contributed by atoms with Crippen molar-refractivity contribution in [1.82, 2.24) is 45.4 Å². The first-order valence-electron chi connectivity index (χ1n) is 18.2. The Morgan fingerprint density at radius 2 is 1.84 bits per heavy atom. The number of aromatic nitrogens is 7. The Balaban J connectivity index is 0.863. The van der Waals surface area contributed by atoms with Gasteiger partial charge in [0.15, 0.2) is 5.82 Å². The summed E-state index contributed by atoms with van der Waals surface area (Å²) in [4.78, 5) is 30.8. The molecule has 3 N–H and O–H groups in total. The number of H-pyrrole nitrogens is 1. The summed E-state index contributed by atoms with van der Waals surface area (Å²) in [6, 6.07) is 17.8. The van der Waals surface area contributed by atoms with Gasteiger partial charge in [-0.25, -0.2) is 9.67 Å². The van der Waals surface area contributed by atoms with Crippen LogP contribution in [0.5, 0.6) is 0 Å². The summed E-state index contributed by atoms with van der Waals surface area (Å²) in [5.41, 5.74) is 5.06. The van der Waals surface area contributed by atoms with Gasteiger partial charge in [-0.1, -0.05) is 86.4 Å². The molecule has 13 heteroatoms. The molecule has 3 aromatic heterocycles. The highest BCUT2D eigenvalue weighted by Crippen LogP contribution is 2.44. The molecule has 0 spiro atoms. The molecule has 0 aliphatic heterocycles. The number of aryl methyl sites for hydroxylation is 1. The van der Waals surface area contributed by atoms with Gasteiger partial charge in [0.1, 0.15) is 17.8 Å². The van der Waals surface area contributed by atoms with Gasteiger partial charge in [0.05, 0.1) is 30.0 Å². The maximum Gasteiger partial charge on any atom is 0.311 e. The fraction of sp³-hybridized carbons (Fsp3) is 0.474. The van der Waals surface area contributed by atoms with Crippen LogP contribution in [0.25, 0.3) is 28.4 Å². The summed E-state index contributed by atoms with van der Waals surface area (Å²) in [5.74, 6) is 1.12. The molecule has 1 amide bonds. The Kier molecular flexibility index (Phi) is 10.8. The molecule has 2 fully saturated rings. The van der Waals surface area contributed by atoms with Crippen molar-refractivity contribution in [3.05, 3.63) is 77.8 Å². The van der Waals surface area contributed by atoms with Gasteiger partial charge in [0, 0.05) is 25.4 Å². The van der Waals surface area contributed by atoms with Gasteiger partial charge in [-0.05, 0) is 55.4 Å². The zero-order valence-electron chi connectivity index (χ0n) is 29.3. The van der Waals surface area contributed by atoms with Crippen LogP contribution in [0.15, 0.2) is 60.7 Å². The first-order chi connectivity index (χ1) is 24.9. The van der Waals surface area contributed by atoms with Crippen molar-refractivity contribution in [2.24, 2.45) is 17.8 Å². The van der Waals surface area contributed by atoms with E-state index in [0.717, 1.165) is 40.8 Å². The minimum atomic E-state index is -0.278. The molecule has 5 aromatic rings. The second-order valence-electron chi connectivity index (χ2n) is 13.9. The maximum absolute atomic E-state index is 13.2. The standard InChI is InChI=1S/C38H47N9O4/c1-25(36-41-37-35(26(2)43-47(37)44-36)46-32-17-9-8-16-31(32)42-45-46)23-40-34(48)18-19-39-24-51-33-22-29-15-7-6-14-28(29)21-30(33)38(49)50-20-10-13-27-11-4-3-5-12-27/h3-5,8-13,16-17,25,28-30,33,39,43H,6-7,14-15,18-24H2,1-2H3,(H,40,48)/b13-10+/t25?,28?,29?,30-,33?/m1/s1. The van der Waals surface area contributed by atoms with Crippen LogP contribution in [-0.4, -0.2) is 79.2 Å². The molecular weight excluding hydrogens is 646 g/mol. The summed E-state index contributed by atoms with van der Waals surface area (Å²) >= 11 is 0. The van der Waals surface area contributed by atoms with Crippen LogP contribution in [-0.2, 0) is 19.1 Å². The van der Waals surface area contributed by atoms with Crippen LogP contribution >= 0.6 is 0 Å². The van der Waals surface area contributed by atoms with E-state index in [-0.39, 0.29) is 43.2 Å². The number of hydrogen-bond acceptors (Lipinski definition) is 9. The Morgan fingerprint density at radius 1 is 1.06 bits per heavy atom. The summed E-state index contributed by atoms with van der Waals surface area (Å²) < 4.78 is 15.4. The highest BCUT2D eigenvalue weighted by molar-refractivity contribution is 5.78. The smallest absolute Gasteiger partial charge is 0.311 e. The van der Waals surface area contributed by atoms with Crippen LogP contribution in [0.1, 0.15) is 74.9 Å². The molecule has 4 unspecified atom stereocenters. The molecule has 51 heavy (non-hydrogen) atoms. The number of fused-ring (bicyclic) bond motifs is 3. The lowest BCUT2D eigenvalue weighted by molar-refractivity contribution is -0.159. The Hall–Kier alpha value is -4.88. The van der Waals surface area contributed by atoms with E-state index in [1.54, 1.807) is 9.31 Å². The van der Waals surface area contributed by atoms with Gasteiger partial charge in [-0.15, -0.1) is 10.2 Å². The molecule has 2 aliphatic carbocycles. The molecule has 3 heterocycles. The van der Waals surface area contributed by atoms with Gasteiger partial charge >= 0.3 is 5.97 Å². The van der Waals surface area contributed by atoms with Crippen molar-refractivity contribution in [3.63, 3.8) is 0 Å². The molecule has 5 atom stereocenters. The Bertz CT molecular complexity index is 1970. The van der Waals surface area contributed by atoms with E-state index in [1.807, 2.05) is 80.6 Å². The molecule has 268 valence electrons. The van der Waals surface area contributed by atoms with Crippen LogP contribution in [0, 0.1) is 24.7 Å². The number of carbonyl (C=O) groups is 2. The van der Waals surface area contributed by atoms with Crippen molar-refractivity contribution in [2.45, 2.75) is 70.8 Å². The minimum Gasteiger partial charge on any atom is -0.461 e. The number of benzene rings is 2. The second-order valence-corrected chi connectivity index (χ2v) is 13.9. The SMILES string of the molecule is Cc1[nH]n2nc(C(C)CNC(=O)CCNCOC3CC4CCCCC4C[C@H]3C(=O)OC/C=C/c3ccccc3)nc2c1-n1nnc2ccccc21. The first-order valence-corrected chi connectivity index (χ1v) is 18.2. The second kappa shape index (κ2) is 16.0. The number of rotatable bonds is 14. The number of esters is 1. The molecule has 2 saturated carbocycles. The van der Waals surface area contributed by atoms with E-state index in [2.05, 4.69) is 31.1 Å². The van der Waals surface area contributed by atoms with E-state index in [4.69, 9.17) is 14.5 Å². The summed E-state index contributed by atoms with van der Waals surface area (Å²) in [6.07, 6.45) is 10.5. The van der Waals surface area contributed by atoms with Crippen molar-refractivity contribution in [3.8, 4) is 5.69 Å². The largest absolute Gasteiger partial charge is 0.461 e. The molecular formula is C38H47N9O4. The van der Waals surface area contributed by atoms with Gasteiger partial charge in [-0.2, -0.15) is 4.63 Å². The van der Waals surface area contributed by atoms with E-state index in [9.17, 15) is 9.59 Å². The number of amides is 1. The highest BCUT2D eigenvalue weighted by Gasteiger charge is 2.42. The van der Waals surface area contributed by atoms with Crippen molar-refractivity contribution >= 4 is 34.6 Å². The van der Waals surface area contributed by atoms with Gasteiger partial charge in [-0.3, -0.25) is 20.0 Å². The summed E-state index contributed by atoms with van der Waals surface area (Å²) in [6.45, 7) is 5.31. The van der Waals surface area contributed by atoms with E-state index < -0.39 is 0 Å². The molecule has 2 aliphatic rings. The summed E-state index contributed by atoms with van der Waals surface area (Å²) in [5, 5.41) is 22.8. The number of ether oxygens (including phenoxy) is 2. The van der Waals surface area contributed by atoms with E-state index in [1.165, 1.54) is 25.7 Å². The normalized spacial score (nSPS) is 21.2. The average Bonchev–Trinajstić information content (AvgIpc) is 3.85. The van der Waals surface area contributed by atoms with Gasteiger partial charge in [0.2, 0.25) is 11.6 Å². The van der Waals surface area contributed by atoms with Crippen LogP contribution in [0.3, 0.4) is 0 Å². The monoisotopic (exact) mass is 693 g/mol. The Morgan fingerprint density at radius 3 is 2.69 bits per heavy atom. The third-order valence-electron chi connectivity index (χ3n) is 10.3. The lowest BCUT2D eigenvalue weighted by Gasteiger charge is -2.42. The highest BCUT2D eigenvalue weighted by atomic mass is 16.5. The number of hydrogen-bond donors (Lipinski definition) is 3. The van der Waals surface area contributed by atoms with Crippen molar-refractivity contribution in [1.29, 1.82) is 0 Å². The van der Waals surface area contributed by atoms with Crippen LogP contribution in [0.4, 0.5) is 0 Å². The fourth-order valence-electron chi connectivity index (χ4n) is 7.59. The topological polar surface area (TPSA) is 153 Å². The zero-order valence-corrected chi connectivity index (χ0v) is 29.3. The van der Waals surface area contributed by atoms with Crippen molar-refractivity contribution < 1.29 is 19.1 Å². The van der Waals surface area contributed by atoms with Gasteiger partial charge < -0.3 is 14.8 Å². The van der Waals surface area contributed by atoms with Crippen LogP contribution in [0.2, 0.25) is 0 Å².